The van der Waals surface area contributed by atoms with Crippen LogP contribution < -0.4 is 0 Å². The predicted octanol–water partition coefficient (Wildman–Crippen LogP) is 4.24. The second kappa shape index (κ2) is 5.02. The summed E-state index contributed by atoms with van der Waals surface area (Å²) in [6.45, 7) is 2.62. The first-order valence-corrected chi connectivity index (χ1v) is 6.65. The van der Waals surface area contributed by atoms with Crippen LogP contribution in [-0.4, -0.2) is 23.9 Å². The maximum absolute atomic E-state index is 13.4. The Bertz CT molecular complexity index is 395. The molecule has 2 rings (SSSR count). The third-order valence-corrected chi connectivity index (χ3v) is 3.79. The molecule has 0 aromatic heterocycles. The highest BCUT2D eigenvalue weighted by atomic mass is 79.9. The molecule has 1 aliphatic rings. The van der Waals surface area contributed by atoms with Gasteiger partial charge >= 0.3 is 0 Å². The van der Waals surface area contributed by atoms with Crippen molar-refractivity contribution in [1.29, 1.82) is 0 Å². The van der Waals surface area contributed by atoms with E-state index in [1.165, 1.54) is 0 Å². The van der Waals surface area contributed by atoms with E-state index in [4.69, 9.17) is 0 Å². The van der Waals surface area contributed by atoms with Crippen molar-refractivity contribution < 1.29 is 8.78 Å². The Labute approximate surface area is 109 Å². The molecule has 1 heterocycles. The zero-order valence-electron chi connectivity index (χ0n) is 9.80. The summed E-state index contributed by atoms with van der Waals surface area (Å²) in [5.41, 5.74) is 1.08. The number of benzene rings is 1. The summed E-state index contributed by atoms with van der Waals surface area (Å²) in [5.74, 6) is -2.53. The average molecular weight is 304 g/mol. The van der Waals surface area contributed by atoms with E-state index in [1.807, 2.05) is 36.1 Å². The van der Waals surface area contributed by atoms with E-state index >= 15 is 0 Å². The molecule has 1 atom stereocenters. The molecule has 0 N–H and O–H groups in total. The summed E-state index contributed by atoms with van der Waals surface area (Å²) in [5, 5.41) is 0. The Morgan fingerprint density at radius 2 is 2.18 bits per heavy atom. The van der Waals surface area contributed by atoms with Crippen LogP contribution in [0.1, 0.15) is 31.4 Å². The lowest BCUT2D eigenvalue weighted by molar-refractivity contribution is -0.0737. The molecule has 1 nitrogen and oxygen atoms in total. The molecular formula is C13H16BrF2N. The minimum Gasteiger partial charge on any atom is -0.291 e. The van der Waals surface area contributed by atoms with Gasteiger partial charge in [0.25, 0.3) is 5.92 Å². The lowest BCUT2D eigenvalue weighted by Gasteiger charge is -2.36. The van der Waals surface area contributed by atoms with Gasteiger partial charge in [0.15, 0.2) is 0 Å². The molecule has 0 amide bonds. The first kappa shape index (κ1) is 13.0. The number of hydrogen-bond donors (Lipinski definition) is 0. The first-order chi connectivity index (χ1) is 7.98. The molecule has 0 saturated carbocycles. The smallest absolute Gasteiger partial charge is 0.260 e. The first-order valence-electron chi connectivity index (χ1n) is 5.85. The molecule has 1 aromatic rings. The van der Waals surface area contributed by atoms with Gasteiger partial charge in [-0.15, -0.1) is 0 Å². The van der Waals surface area contributed by atoms with Crippen molar-refractivity contribution in [2.45, 2.75) is 31.7 Å². The molecule has 0 aliphatic carbocycles. The molecular weight excluding hydrogens is 288 g/mol. The van der Waals surface area contributed by atoms with Gasteiger partial charge in [0.2, 0.25) is 0 Å². The van der Waals surface area contributed by atoms with E-state index in [0.29, 0.717) is 6.42 Å². The Hall–Kier alpha value is -0.480. The van der Waals surface area contributed by atoms with E-state index in [2.05, 4.69) is 15.9 Å². The fraction of sp³-hybridized carbons (Fsp3) is 0.538. The van der Waals surface area contributed by atoms with Gasteiger partial charge in [-0.05, 0) is 37.6 Å². The molecule has 1 aromatic carbocycles. The van der Waals surface area contributed by atoms with Gasteiger partial charge in [-0.1, -0.05) is 28.1 Å². The van der Waals surface area contributed by atoms with E-state index in [-0.39, 0.29) is 19.0 Å². The SMILES string of the molecule is CC(c1cccc(Br)c1)N1CCCC(F)(F)C1. The normalized spacial score (nSPS) is 22.4. The van der Waals surface area contributed by atoms with Gasteiger partial charge in [0, 0.05) is 16.9 Å². The Morgan fingerprint density at radius 3 is 2.82 bits per heavy atom. The Kier molecular flexibility index (Phi) is 3.83. The number of alkyl halides is 2. The van der Waals surface area contributed by atoms with Crippen molar-refractivity contribution in [3.8, 4) is 0 Å². The van der Waals surface area contributed by atoms with Crippen molar-refractivity contribution in [2.75, 3.05) is 13.1 Å². The second-order valence-electron chi connectivity index (χ2n) is 4.66. The zero-order valence-corrected chi connectivity index (χ0v) is 11.4. The predicted molar refractivity (Wildman–Crippen MR) is 68.3 cm³/mol. The van der Waals surface area contributed by atoms with Crippen LogP contribution in [-0.2, 0) is 0 Å². The monoisotopic (exact) mass is 303 g/mol. The fourth-order valence-corrected chi connectivity index (χ4v) is 2.72. The van der Waals surface area contributed by atoms with Crippen LogP contribution in [0.15, 0.2) is 28.7 Å². The Morgan fingerprint density at radius 1 is 1.41 bits per heavy atom. The summed E-state index contributed by atoms with van der Waals surface area (Å²) >= 11 is 3.41. The number of halogens is 3. The summed E-state index contributed by atoms with van der Waals surface area (Å²) in [7, 11) is 0. The van der Waals surface area contributed by atoms with Crippen LogP contribution in [0.2, 0.25) is 0 Å². The van der Waals surface area contributed by atoms with E-state index in [0.717, 1.165) is 16.6 Å². The highest BCUT2D eigenvalue weighted by Crippen LogP contribution is 2.32. The minimum absolute atomic E-state index is 0.0225. The van der Waals surface area contributed by atoms with Gasteiger partial charge in [-0.3, -0.25) is 4.90 Å². The third-order valence-electron chi connectivity index (χ3n) is 3.30. The van der Waals surface area contributed by atoms with Crippen LogP contribution in [0.25, 0.3) is 0 Å². The maximum atomic E-state index is 13.4. The highest BCUT2D eigenvalue weighted by Gasteiger charge is 2.36. The maximum Gasteiger partial charge on any atom is 0.260 e. The standard InChI is InChI=1S/C13H16BrF2N/c1-10(11-4-2-5-12(14)8-11)17-7-3-6-13(15,16)9-17/h2,4-5,8,10H,3,6-7,9H2,1H3. The third kappa shape index (κ3) is 3.26. The second-order valence-corrected chi connectivity index (χ2v) is 5.58. The fourth-order valence-electron chi connectivity index (χ4n) is 2.30. The Balaban J connectivity index is 2.12. The lowest BCUT2D eigenvalue weighted by atomic mass is 10.0. The molecule has 1 unspecified atom stereocenters. The number of likely N-dealkylation sites (tertiary alicyclic amines) is 1. The quantitative estimate of drug-likeness (QED) is 0.790. The summed E-state index contributed by atoms with van der Waals surface area (Å²) in [6.07, 6.45) is 0.597. The number of piperidine rings is 1. The molecule has 1 saturated heterocycles. The summed E-state index contributed by atoms with van der Waals surface area (Å²) in [6, 6.07) is 7.91. The number of rotatable bonds is 2. The van der Waals surface area contributed by atoms with Crippen LogP contribution in [0.3, 0.4) is 0 Å². The van der Waals surface area contributed by atoms with E-state index in [9.17, 15) is 8.78 Å². The topological polar surface area (TPSA) is 3.24 Å². The summed E-state index contributed by atoms with van der Waals surface area (Å²) < 4.78 is 27.7. The molecule has 94 valence electrons. The van der Waals surface area contributed by atoms with Crippen molar-refractivity contribution in [2.24, 2.45) is 0 Å². The van der Waals surface area contributed by atoms with Gasteiger partial charge in [-0.25, -0.2) is 8.78 Å². The molecule has 0 spiro atoms. The molecule has 17 heavy (non-hydrogen) atoms. The molecule has 4 heteroatoms. The van der Waals surface area contributed by atoms with E-state index in [1.54, 1.807) is 0 Å². The molecule has 0 radical (unpaired) electrons. The van der Waals surface area contributed by atoms with Gasteiger partial charge < -0.3 is 0 Å². The van der Waals surface area contributed by atoms with Crippen molar-refractivity contribution >= 4 is 15.9 Å². The molecule has 1 fully saturated rings. The van der Waals surface area contributed by atoms with Gasteiger partial charge in [-0.2, -0.15) is 0 Å². The van der Waals surface area contributed by atoms with Crippen molar-refractivity contribution in [3.05, 3.63) is 34.3 Å². The van der Waals surface area contributed by atoms with Crippen LogP contribution in [0, 0.1) is 0 Å². The zero-order chi connectivity index (χ0) is 12.5. The largest absolute Gasteiger partial charge is 0.291 e. The van der Waals surface area contributed by atoms with E-state index < -0.39 is 5.92 Å². The summed E-state index contributed by atoms with van der Waals surface area (Å²) in [4.78, 5) is 1.87. The molecule has 0 bridgehead atoms. The van der Waals surface area contributed by atoms with Crippen LogP contribution in [0.4, 0.5) is 8.78 Å². The average Bonchev–Trinajstić information content (AvgIpc) is 2.26. The van der Waals surface area contributed by atoms with Crippen molar-refractivity contribution in [1.82, 2.24) is 4.90 Å². The van der Waals surface area contributed by atoms with Gasteiger partial charge in [0.1, 0.15) is 0 Å². The highest BCUT2D eigenvalue weighted by molar-refractivity contribution is 9.10. The van der Waals surface area contributed by atoms with Crippen LogP contribution >= 0.6 is 15.9 Å². The number of nitrogens with zero attached hydrogens (tertiary/aromatic N) is 1. The minimum atomic E-state index is -2.53. The van der Waals surface area contributed by atoms with Crippen LogP contribution in [0.5, 0.6) is 0 Å². The number of hydrogen-bond acceptors (Lipinski definition) is 1. The lowest BCUT2D eigenvalue weighted by Crippen LogP contribution is -2.43. The van der Waals surface area contributed by atoms with Crippen molar-refractivity contribution in [3.63, 3.8) is 0 Å². The molecule has 1 aliphatic heterocycles. The van der Waals surface area contributed by atoms with Gasteiger partial charge in [0.05, 0.1) is 6.54 Å².